The van der Waals surface area contributed by atoms with E-state index < -0.39 is 5.97 Å². The van der Waals surface area contributed by atoms with Gasteiger partial charge in [-0.05, 0) is 35.9 Å². The van der Waals surface area contributed by atoms with Gasteiger partial charge in [-0.25, -0.2) is 4.79 Å². The van der Waals surface area contributed by atoms with Crippen molar-refractivity contribution in [3.63, 3.8) is 0 Å². The topological polar surface area (TPSA) is 106 Å². The molecule has 136 valence electrons. The fraction of sp³-hybridized carbons (Fsp3) is 0.105. The van der Waals surface area contributed by atoms with E-state index in [-0.39, 0.29) is 11.6 Å². The first-order valence-electron chi connectivity index (χ1n) is 8.12. The van der Waals surface area contributed by atoms with Crippen LogP contribution in [0, 0.1) is 0 Å². The van der Waals surface area contributed by atoms with Crippen LogP contribution >= 0.6 is 0 Å². The highest BCUT2D eigenvalue weighted by Gasteiger charge is 2.12. The van der Waals surface area contributed by atoms with Crippen LogP contribution in [-0.4, -0.2) is 34.2 Å². The third-order valence-corrected chi connectivity index (χ3v) is 3.67. The Morgan fingerprint density at radius 3 is 2.59 bits per heavy atom. The third kappa shape index (κ3) is 4.63. The number of anilines is 2. The quantitative estimate of drug-likeness (QED) is 0.647. The molecule has 0 unspecified atom stereocenters. The molecule has 2 aromatic heterocycles. The summed E-state index contributed by atoms with van der Waals surface area (Å²) in [6, 6.07) is 13.7. The van der Waals surface area contributed by atoms with Crippen LogP contribution < -0.4 is 10.6 Å². The number of rotatable bonds is 6. The lowest BCUT2D eigenvalue weighted by atomic mass is 10.2. The van der Waals surface area contributed by atoms with Crippen molar-refractivity contribution in [1.29, 1.82) is 0 Å². The molecule has 8 nitrogen and oxygen atoms in total. The van der Waals surface area contributed by atoms with Gasteiger partial charge in [0.05, 0.1) is 18.4 Å². The van der Waals surface area contributed by atoms with Gasteiger partial charge in [0.25, 0.3) is 5.91 Å². The standard InChI is InChI=1S/C19H17N5O3/c1-27-19(26)14-6-2-3-7-15(14)22-17-9-8-16(23-24-17)18(25)21-12-13-5-4-10-20-11-13/h2-11H,12H2,1H3,(H,21,25)(H,22,24). The van der Waals surface area contributed by atoms with Crippen molar-refractivity contribution in [2.45, 2.75) is 6.54 Å². The second-order valence-corrected chi connectivity index (χ2v) is 5.51. The molecule has 0 aliphatic carbocycles. The van der Waals surface area contributed by atoms with Crippen molar-refractivity contribution in [1.82, 2.24) is 20.5 Å². The zero-order chi connectivity index (χ0) is 19.1. The van der Waals surface area contributed by atoms with E-state index in [2.05, 4.69) is 25.8 Å². The Balaban J connectivity index is 1.65. The Morgan fingerprint density at radius 2 is 1.89 bits per heavy atom. The molecule has 0 fully saturated rings. The van der Waals surface area contributed by atoms with Gasteiger partial charge in [-0.3, -0.25) is 9.78 Å². The molecule has 0 aliphatic heterocycles. The highest BCUT2D eigenvalue weighted by molar-refractivity contribution is 5.96. The number of carbonyl (C=O) groups is 2. The van der Waals surface area contributed by atoms with Gasteiger partial charge in [-0.1, -0.05) is 18.2 Å². The number of hydrogen-bond acceptors (Lipinski definition) is 7. The number of nitrogens with one attached hydrogen (secondary N) is 2. The second kappa shape index (κ2) is 8.52. The maximum Gasteiger partial charge on any atom is 0.339 e. The predicted molar refractivity (Wildman–Crippen MR) is 98.5 cm³/mol. The van der Waals surface area contributed by atoms with Gasteiger partial charge in [0.1, 0.15) is 0 Å². The molecular formula is C19H17N5O3. The van der Waals surface area contributed by atoms with E-state index in [1.165, 1.54) is 7.11 Å². The number of benzene rings is 1. The summed E-state index contributed by atoms with van der Waals surface area (Å²) in [5, 5.41) is 13.7. The molecule has 0 saturated carbocycles. The minimum absolute atomic E-state index is 0.186. The van der Waals surface area contributed by atoms with Gasteiger partial charge in [-0.2, -0.15) is 0 Å². The molecule has 3 rings (SSSR count). The number of para-hydroxylation sites is 1. The molecule has 0 atom stereocenters. The molecule has 8 heteroatoms. The summed E-state index contributed by atoms with van der Waals surface area (Å²) in [5.41, 5.74) is 1.98. The first kappa shape index (κ1) is 18.0. The summed E-state index contributed by atoms with van der Waals surface area (Å²) in [6.07, 6.45) is 3.35. The van der Waals surface area contributed by atoms with Crippen LogP contribution in [-0.2, 0) is 11.3 Å². The van der Waals surface area contributed by atoms with E-state index in [1.807, 2.05) is 6.07 Å². The number of carbonyl (C=O) groups excluding carboxylic acids is 2. The minimum atomic E-state index is -0.461. The number of pyridine rings is 1. The minimum Gasteiger partial charge on any atom is -0.465 e. The molecular weight excluding hydrogens is 346 g/mol. The monoisotopic (exact) mass is 363 g/mol. The van der Waals surface area contributed by atoms with E-state index >= 15 is 0 Å². The number of amides is 1. The maximum atomic E-state index is 12.2. The Hall–Kier alpha value is -3.81. The van der Waals surface area contributed by atoms with E-state index in [0.717, 1.165) is 5.56 Å². The van der Waals surface area contributed by atoms with Crippen molar-refractivity contribution in [3.8, 4) is 0 Å². The van der Waals surface area contributed by atoms with Crippen molar-refractivity contribution in [3.05, 3.63) is 77.7 Å². The lowest BCUT2D eigenvalue weighted by Gasteiger charge is -2.10. The molecule has 0 bridgehead atoms. The molecule has 27 heavy (non-hydrogen) atoms. The number of esters is 1. The van der Waals surface area contributed by atoms with Crippen molar-refractivity contribution in [2.75, 3.05) is 12.4 Å². The summed E-state index contributed by atoms with van der Waals surface area (Å²) < 4.78 is 4.76. The van der Waals surface area contributed by atoms with Crippen LogP contribution in [0.25, 0.3) is 0 Å². The fourth-order valence-corrected chi connectivity index (χ4v) is 2.31. The van der Waals surface area contributed by atoms with Crippen molar-refractivity contribution >= 4 is 23.4 Å². The summed E-state index contributed by atoms with van der Waals surface area (Å²) >= 11 is 0. The van der Waals surface area contributed by atoms with Gasteiger partial charge < -0.3 is 15.4 Å². The zero-order valence-electron chi connectivity index (χ0n) is 14.5. The van der Waals surface area contributed by atoms with Gasteiger partial charge >= 0.3 is 5.97 Å². The zero-order valence-corrected chi connectivity index (χ0v) is 14.5. The van der Waals surface area contributed by atoms with Crippen LogP contribution in [0.1, 0.15) is 26.4 Å². The molecule has 1 aromatic carbocycles. The van der Waals surface area contributed by atoms with Crippen LogP contribution in [0.2, 0.25) is 0 Å². The van der Waals surface area contributed by atoms with Crippen LogP contribution in [0.3, 0.4) is 0 Å². The summed E-state index contributed by atoms with van der Waals surface area (Å²) in [7, 11) is 1.32. The molecule has 0 radical (unpaired) electrons. The first-order valence-corrected chi connectivity index (χ1v) is 8.12. The Bertz CT molecular complexity index is 930. The fourth-order valence-electron chi connectivity index (χ4n) is 2.31. The number of aromatic nitrogens is 3. The Kier molecular flexibility index (Phi) is 5.68. The SMILES string of the molecule is COC(=O)c1ccccc1Nc1ccc(C(=O)NCc2cccnc2)nn1. The Morgan fingerprint density at radius 1 is 1.04 bits per heavy atom. The molecule has 2 heterocycles. The molecule has 3 aromatic rings. The van der Waals surface area contributed by atoms with E-state index in [1.54, 1.807) is 54.9 Å². The van der Waals surface area contributed by atoms with Crippen LogP contribution in [0.4, 0.5) is 11.5 Å². The number of nitrogens with zero attached hydrogens (tertiary/aromatic N) is 3. The van der Waals surface area contributed by atoms with Gasteiger partial charge in [0, 0.05) is 18.9 Å². The van der Waals surface area contributed by atoms with E-state index in [4.69, 9.17) is 4.74 Å². The summed E-state index contributed by atoms with van der Waals surface area (Å²) in [5.74, 6) is -0.402. The first-order chi connectivity index (χ1) is 13.2. The smallest absolute Gasteiger partial charge is 0.339 e. The molecule has 0 spiro atoms. The van der Waals surface area contributed by atoms with E-state index in [0.29, 0.717) is 23.6 Å². The van der Waals surface area contributed by atoms with Gasteiger partial charge in [-0.15, -0.1) is 10.2 Å². The Labute approximate surface area is 155 Å². The van der Waals surface area contributed by atoms with Crippen molar-refractivity contribution in [2.24, 2.45) is 0 Å². The molecule has 1 amide bonds. The van der Waals surface area contributed by atoms with Crippen LogP contribution in [0.5, 0.6) is 0 Å². The van der Waals surface area contributed by atoms with Crippen molar-refractivity contribution < 1.29 is 14.3 Å². The van der Waals surface area contributed by atoms with Gasteiger partial charge in [0.15, 0.2) is 11.5 Å². The average Bonchev–Trinajstić information content (AvgIpc) is 2.73. The highest BCUT2D eigenvalue weighted by Crippen LogP contribution is 2.20. The largest absolute Gasteiger partial charge is 0.465 e. The third-order valence-electron chi connectivity index (χ3n) is 3.67. The number of methoxy groups -OCH3 is 1. The second-order valence-electron chi connectivity index (χ2n) is 5.51. The number of hydrogen-bond donors (Lipinski definition) is 2. The molecule has 0 saturated heterocycles. The summed E-state index contributed by atoms with van der Waals surface area (Å²) in [4.78, 5) is 27.9. The maximum absolute atomic E-state index is 12.2. The molecule has 0 aliphatic rings. The lowest BCUT2D eigenvalue weighted by molar-refractivity contribution is 0.0601. The van der Waals surface area contributed by atoms with Crippen LogP contribution in [0.15, 0.2) is 60.9 Å². The average molecular weight is 363 g/mol. The normalized spacial score (nSPS) is 10.1. The lowest BCUT2D eigenvalue weighted by Crippen LogP contribution is -2.24. The number of ether oxygens (including phenoxy) is 1. The van der Waals surface area contributed by atoms with Gasteiger partial charge in [0.2, 0.25) is 0 Å². The predicted octanol–water partition coefficient (Wildman–Crippen LogP) is 2.33. The molecule has 2 N–H and O–H groups in total. The highest BCUT2D eigenvalue weighted by atomic mass is 16.5. The van der Waals surface area contributed by atoms with E-state index in [9.17, 15) is 9.59 Å². The summed E-state index contributed by atoms with van der Waals surface area (Å²) in [6.45, 7) is 0.348.